The molecule has 0 spiro atoms. The number of rotatable bonds is 8. The third-order valence-electron chi connectivity index (χ3n) is 5.26. The summed E-state index contributed by atoms with van der Waals surface area (Å²) in [6.45, 7) is 0.630. The van der Waals surface area contributed by atoms with Crippen LogP contribution in [-0.2, 0) is 11.3 Å². The number of carbonyl (C=O) groups excluding carboxylic acids is 2. The fraction of sp³-hybridized carbons (Fsp3) is 0.450. The molecule has 2 aliphatic heterocycles. The summed E-state index contributed by atoms with van der Waals surface area (Å²) >= 11 is 1.92. The van der Waals surface area contributed by atoms with Crippen LogP contribution in [0.2, 0.25) is 0 Å². The predicted molar refractivity (Wildman–Crippen MR) is 110 cm³/mol. The van der Waals surface area contributed by atoms with Gasteiger partial charge in [0.2, 0.25) is 5.91 Å². The Labute approximate surface area is 168 Å². The second kappa shape index (κ2) is 8.68. The molecule has 28 heavy (non-hydrogen) atoms. The van der Waals surface area contributed by atoms with Gasteiger partial charge in [0, 0.05) is 35.5 Å². The molecule has 4 rings (SSSR count). The van der Waals surface area contributed by atoms with Gasteiger partial charge in [0.25, 0.3) is 0 Å². The molecule has 2 aromatic rings. The van der Waals surface area contributed by atoms with Crippen LogP contribution in [0.4, 0.5) is 10.5 Å². The zero-order valence-electron chi connectivity index (χ0n) is 15.6. The highest BCUT2D eigenvalue weighted by atomic mass is 32.2. The molecule has 0 bridgehead atoms. The number of nitrogens with one attached hydrogen (secondary N) is 3. The Bertz CT molecular complexity index is 826. The van der Waals surface area contributed by atoms with E-state index in [1.54, 1.807) is 6.20 Å². The minimum Gasteiger partial charge on any atom is -0.332 e. The summed E-state index contributed by atoms with van der Waals surface area (Å²) < 4.78 is 1.84. The van der Waals surface area contributed by atoms with E-state index in [1.165, 1.54) is 0 Å². The molecule has 0 aliphatic carbocycles. The highest BCUT2D eigenvalue weighted by Crippen LogP contribution is 2.33. The molecule has 3 amide bonds. The van der Waals surface area contributed by atoms with Gasteiger partial charge in [0.1, 0.15) is 0 Å². The topological polar surface area (TPSA) is 88.0 Å². The van der Waals surface area contributed by atoms with Crippen molar-refractivity contribution in [2.45, 2.75) is 49.6 Å². The first-order chi connectivity index (χ1) is 13.7. The normalized spacial score (nSPS) is 23.1. The summed E-state index contributed by atoms with van der Waals surface area (Å²) in [5.74, 6) is 1.02. The first kappa shape index (κ1) is 18.9. The number of amides is 3. The van der Waals surface area contributed by atoms with Crippen molar-refractivity contribution >= 4 is 29.4 Å². The molecular weight excluding hydrogens is 374 g/mol. The Balaban J connectivity index is 1.22. The van der Waals surface area contributed by atoms with Gasteiger partial charge in [0.15, 0.2) is 0 Å². The molecule has 3 atom stereocenters. The van der Waals surface area contributed by atoms with Gasteiger partial charge >= 0.3 is 6.03 Å². The minimum absolute atomic E-state index is 0.0423. The average molecular weight is 400 g/mol. The second-order valence-electron chi connectivity index (χ2n) is 7.28. The number of para-hydroxylation sites is 1. The minimum atomic E-state index is -0.0477. The Morgan fingerprint density at radius 2 is 2.14 bits per heavy atom. The largest absolute Gasteiger partial charge is 0.332 e. The van der Waals surface area contributed by atoms with Crippen LogP contribution in [0.3, 0.4) is 0 Å². The number of benzene rings is 1. The number of fused-ring (bicyclic) bond motifs is 1. The molecule has 3 N–H and O–H groups in total. The van der Waals surface area contributed by atoms with Crippen molar-refractivity contribution in [2.75, 3.05) is 11.1 Å². The maximum Gasteiger partial charge on any atom is 0.315 e. The standard InChI is InChI=1S/C20H25N5O2S/c26-18(9-4-3-8-17-19-16(13-28-17)23-20(27)24-19)22-15-7-2-1-6-14(15)12-25-11-5-10-21-25/h1-2,5-7,10-11,16-17,19H,3-4,8-9,12-13H2,(H,22,26)(H2,23,24,27)/t16-,17-,19-/m0/s1. The Morgan fingerprint density at radius 3 is 3.00 bits per heavy atom. The van der Waals surface area contributed by atoms with Crippen molar-refractivity contribution in [1.82, 2.24) is 20.4 Å². The number of thioether (sulfide) groups is 1. The number of carbonyl (C=O) groups is 2. The van der Waals surface area contributed by atoms with Crippen molar-refractivity contribution in [3.05, 3.63) is 48.3 Å². The van der Waals surface area contributed by atoms with E-state index in [2.05, 4.69) is 21.0 Å². The molecule has 0 unspecified atom stereocenters. The predicted octanol–water partition coefficient (Wildman–Crippen LogP) is 2.60. The van der Waals surface area contributed by atoms with E-state index in [0.717, 1.165) is 36.3 Å². The van der Waals surface area contributed by atoms with Crippen LogP contribution in [0.25, 0.3) is 0 Å². The molecule has 148 valence electrons. The zero-order chi connectivity index (χ0) is 19.3. The van der Waals surface area contributed by atoms with Gasteiger partial charge in [-0.3, -0.25) is 9.48 Å². The van der Waals surface area contributed by atoms with E-state index in [-0.39, 0.29) is 24.0 Å². The monoisotopic (exact) mass is 399 g/mol. The van der Waals surface area contributed by atoms with Crippen LogP contribution in [0.5, 0.6) is 0 Å². The first-order valence-corrected chi connectivity index (χ1v) is 10.8. The van der Waals surface area contributed by atoms with Gasteiger partial charge in [-0.15, -0.1) is 0 Å². The SMILES string of the molecule is O=C(CCCC[C@@H]1SC[C@@H]2NC(=O)N[C@@H]21)Nc1ccccc1Cn1cccn1. The van der Waals surface area contributed by atoms with Crippen molar-refractivity contribution < 1.29 is 9.59 Å². The van der Waals surface area contributed by atoms with E-state index in [0.29, 0.717) is 18.2 Å². The van der Waals surface area contributed by atoms with Crippen molar-refractivity contribution in [1.29, 1.82) is 0 Å². The van der Waals surface area contributed by atoms with Gasteiger partial charge < -0.3 is 16.0 Å². The van der Waals surface area contributed by atoms with E-state index >= 15 is 0 Å². The average Bonchev–Trinajstić information content (AvgIpc) is 3.39. The summed E-state index contributed by atoms with van der Waals surface area (Å²) in [5.41, 5.74) is 1.88. The van der Waals surface area contributed by atoms with Crippen LogP contribution < -0.4 is 16.0 Å². The number of anilines is 1. The summed E-state index contributed by atoms with van der Waals surface area (Å²) in [7, 11) is 0. The van der Waals surface area contributed by atoms with Crippen LogP contribution in [-0.4, -0.2) is 44.8 Å². The Morgan fingerprint density at radius 1 is 1.25 bits per heavy atom. The smallest absolute Gasteiger partial charge is 0.315 e. The second-order valence-corrected chi connectivity index (χ2v) is 8.55. The molecule has 1 aromatic heterocycles. The number of unbranched alkanes of at least 4 members (excludes halogenated alkanes) is 1. The van der Waals surface area contributed by atoms with E-state index in [4.69, 9.17) is 0 Å². The number of hydrogen-bond donors (Lipinski definition) is 3. The molecule has 1 aromatic carbocycles. The van der Waals surface area contributed by atoms with Gasteiger partial charge in [-0.1, -0.05) is 24.6 Å². The fourth-order valence-corrected chi connectivity index (χ4v) is 5.38. The lowest BCUT2D eigenvalue weighted by atomic mass is 10.0. The quantitative estimate of drug-likeness (QED) is 0.470. The Hall–Kier alpha value is -2.48. The molecule has 3 heterocycles. The summed E-state index contributed by atoms with van der Waals surface area (Å²) in [6.07, 6.45) is 7.02. The molecule has 0 saturated carbocycles. The third kappa shape index (κ3) is 4.49. The van der Waals surface area contributed by atoms with Gasteiger partial charge in [-0.05, 0) is 30.5 Å². The maximum atomic E-state index is 12.4. The van der Waals surface area contributed by atoms with Crippen LogP contribution >= 0.6 is 11.8 Å². The van der Waals surface area contributed by atoms with Crippen molar-refractivity contribution in [2.24, 2.45) is 0 Å². The van der Waals surface area contributed by atoms with Crippen molar-refractivity contribution in [3.8, 4) is 0 Å². The molecule has 2 saturated heterocycles. The highest BCUT2D eigenvalue weighted by molar-refractivity contribution is 8.00. The summed E-state index contributed by atoms with van der Waals surface area (Å²) in [5, 5.41) is 13.7. The van der Waals surface area contributed by atoms with E-state index in [9.17, 15) is 9.59 Å². The van der Waals surface area contributed by atoms with Gasteiger partial charge in [-0.25, -0.2) is 4.79 Å². The number of urea groups is 1. The lowest BCUT2D eigenvalue weighted by molar-refractivity contribution is -0.116. The third-order valence-corrected chi connectivity index (χ3v) is 6.77. The van der Waals surface area contributed by atoms with Crippen LogP contribution in [0.1, 0.15) is 31.2 Å². The summed E-state index contributed by atoms with van der Waals surface area (Å²) in [4.78, 5) is 23.8. The van der Waals surface area contributed by atoms with Crippen LogP contribution in [0, 0.1) is 0 Å². The number of aromatic nitrogens is 2. The lowest BCUT2D eigenvalue weighted by Gasteiger charge is -2.16. The zero-order valence-corrected chi connectivity index (χ0v) is 16.5. The molecule has 2 aliphatic rings. The molecule has 2 fully saturated rings. The molecule has 7 nitrogen and oxygen atoms in total. The molecule has 0 radical (unpaired) electrons. The van der Waals surface area contributed by atoms with Crippen LogP contribution in [0.15, 0.2) is 42.7 Å². The maximum absolute atomic E-state index is 12.4. The lowest BCUT2D eigenvalue weighted by Crippen LogP contribution is -2.36. The number of nitrogens with zero attached hydrogens (tertiary/aromatic N) is 2. The van der Waals surface area contributed by atoms with Gasteiger partial charge in [-0.2, -0.15) is 16.9 Å². The van der Waals surface area contributed by atoms with Crippen molar-refractivity contribution in [3.63, 3.8) is 0 Å². The first-order valence-electron chi connectivity index (χ1n) is 9.73. The van der Waals surface area contributed by atoms with Gasteiger partial charge in [0.05, 0.1) is 18.6 Å². The molecule has 8 heteroatoms. The Kier molecular flexibility index (Phi) is 5.85. The molecular formula is C20H25N5O2S. The highest BCUT2D eigenvalue weighted by Gasteiger charge is 2.42. The van der Waals surface area contributed by atoms with E-state index < -0.39 is 0 Å². The van der Waals surface area contributed by atoms with E-state index in [1.807, 2.05) is 53.0 Å². The number of hydrogen-bond acceptors (Lipinski definition) is 4. The fourth-order valence-electron chi connectivity index (χ4n) is 3.84. The summed E-state index contributed by atoms with van der Waals surface area (Å²) in [6, 6.07) is 10.2.